The Labute approximate surface area is 73.6 Å². The summed E-state index contributed by atoms with van der Waals surface area (Å²) in [7, 11) is 1.47. The number of hydrogen-bond acceptors (Lipinski definition) is 5. The number of rotatable bonds is 1. The van der Waals surface area contributed by atoms with Crippen molar-refractivity contribution < 1.29 is 4.74 Å². The van der Waals surface area contributed by atoms with Gasteiger partial charge >= 0.3 is 0 Å². The molecular formula is C5H7N3OS2. The Hall–Kier alpha value is -0.720. The van der Waals surface area contributed by atoms with Crippen molar-refractivity contribution in [3.63, 3.8) is 0 Å². The van der Waals surface area contributed by atoms with Gasteiger partial charge in [0.15, 0.2) is 0 Å². The maximum absolute atomic E-state index is 5.51. The molecule has 0 aliphatic heterocycles. The van der Waals surface area contributed by atoms with Gasteiger partial charge in [-0.3, -0.25) is 0 Å². The highest BCUT2D eigenvalue weighted by Gasteiger charge is 2.08. The van der Waals surface area contributed by atoms with Crippen LogP contribution in [0.2, 0.25) is 0 Å². The monoisotopic (exact) mass is 189 g/mol. The van der Waals surface area contributed by atoms with Gasteiger partial charge in [0.05, 0.1) is 7.11 Å². The number of hydrogen-bond donors (Lipinski definition) is 1. The topological polar surface area (TPSA) is 51.4 Å². The molecule has 0 saturated heterocycles. The third-order valence-corrected chi connectivity index (χ3v) is 2.13. The van der Waals surface area contributed by atoms with Crippen LogP contribution in [0.15, 0.2) is 11.6 Å². The molecule has 0 aliphatic carbocycles. The summed E-state index contributed by atoms with van der Waals surface area (Å²) in [6.07, 6.45) is 1.65. The molecule has 0 spiro atoms. The molecule has 4 nitrogen and oxygen atoms in total. The standard InChI is InChI=1S/C5H7N3OS2/c1-9-5(10)8(6)4-7-2-3-11-4/h2-3H,6H2,1H3. The van der Waals surface area contributed by atoms with E-state index in [2.05, 4.69) is 4.98 Å². The first kappa shape index (κ1) is 8.38. The van der Waals surface area contributed by atoms with Gasteiger partial charge in [-0.25, -0.2) is 15.8 Å². The molecule has 6 heteroatoms. The van der Waals surface area contributed by atoms with Crippen LogP contribution < -0.4 is 10.9 Å². The van der Waals surface area contributed by atoms with E-state index in [-0.39, 0.29) is 5.17 Å². The van der Waals surface area contributed by atoms with Gasteiger partial charge in [0.2, 0.25) is 5.13 Å². The molecule has 1 aromatic heterocycles. The first-order valence-corrected chi connectivity index (χ1v) is 4.06. The number of thiazole rings is 1. The lowest BCUT2D eigenvalue weighted by Gasteiger charge is -2.13. The smallest absolute Gasteiger partial charge is 0.280 e. The second kappa shape index (κ2) is 3.61. The number of nitrogens with two attached hydrogens (primary N) is 1. The molecular weight excluding hydrogens is 182 g/mol. The van der Waals surface area contributed by atoms with E-state index in [9.17, 15) is 0 Å². The Bertz CT molecular complexity index is 236. The lowest BCUT2D eigenvalue weighted by atomic mass is 10.9. The van der Waals surface area contributed by atoms with Gasteiger partial charge in [0, 0.05) is 11.6 Å². The zero-order valence-corrected chi connectivity index (χ0v) is 7.48. The molecule has 0 saturated carbocycles. The fraction of sp³-hybridized carbons (Fsp3) is 0.200. The predicted octanol–water partition coefficient (Wildman–Crippen LogP) is 0.754. The van der Waals surface area contributed by atoms with Crippen molar-refractivity contribution >= 4 is 33.9 Å². The van der Waals surface area contributed by atoms with E-state index < -0.39 is 0 Å². The molecule has 0 aromatic carbocycles. The Morgan fingerprint density at radius 1 is 1.91 bits per heavy atom. The van der Waals surface area contributed by atoms with Gasteiger partial charge in [-0.15, -0.1) is 11.3 Å². The minimum Gasteiger partial charge on any atom is -0.473 e. The van der Waals surface area contributed by atoms with E-state index in [1.54, 1.807) is 6.20 Å². The lowest BCUT2D eigenvalue weighted by molar-refractivity contribution is 0.403. The summed E-state index contributed by atoms with van der Waals surface area (Å²) in [4.78, 5) is 3.94. The highest BCUT2D eigenvalue weighted by molar-refractivity contribution is 7.80. The van der Waals surface area contributed by atoms with Crippen LogP contribution in [0.25, 0.3) is 0 Å². The number of methoxy groups -OCH3 is 1. The maximum atomic E-state index is 5.51. The van der Waals surface area contributed by atoms with Crippen LogP contribution in [0.1, 0.15) is 0 Å². The highest BCUT2D eigenvalue weighted by Crippen LogP contribution is 2.14. The number of ether oxygens (including phenoxy) is 1. The molecule has 2 N–H and O–H groups in total. The summed E-state index contributed by atoms with van der Waals surface area (Å²) >= 11 is 6.17. The van der Waals surface area contributed by atoms with Crippen LogP contribution >= 0.6 is 23.6 Å². The summed E-state index contributed by atoms with van der Waals surface area (Å²) in [6.45, 7) is 0. The molecule has 0 amide bonds. The number of nitrogens with zero attached hydrogens (tertiary/aromatic N) is 2. The van der Waals surface area contributed by atoms with Gasteiger partial charge in [0.25, 0.3) is 5.17 Å². The van der Waals surface area contributed by atoms with Crippen molar-refractivity contribution in [1.82, 2.24) is 4.98 Å². The number of anilines is 1. The van der Waals surface area contributed by atoms with Crippen LogP contribution in [-0.2, 0) is 4.74 Å². The lowest BCUT2D eigenvalue weighted by Crippen LogP contribution is -2.36. The van der Waals surface area contributed by atoms with Crippen LogP contribution in [0.3, 0.4) is 0 Å². The Morgan fingerprint density at radius 3 is 3.09 bits per heavy atom. The van der Waals surface area contributed by atoms with E-state index >= 15 is 0 Å². The fourth-order valence-corrected chi connectivity index (χ4v) is 1.22. The molecule has 1 aromatic rings. The van der Waals surface area contributed by atoms with E-state index in [1.807, 2.05) is 5.38 Å². The number of aromatic nitrogens is 1. The minimum absolute atomic E-state index is 0.208. The van der Waals surface area contributed by atoms with Gasteiger partial charge in [-0.1, -0.05) is 0 Å². The fourth-order valence-electron chi connectivity index (χ4n) is 0.511. The molecule has 0 aliphatic rings. The molecule has 0 radical (unpaired) electrons. The van der Waals surface area contributed by atoms with E-state index in [1.165, 1.54) is 23.5 Å². The Kier molecular flexibility index (Phi) is 2.75. The normalized spacial score (nSPS) is 9.27. The molecule has 0 fully saturated rings. The van der Waals surface area contributed by atoms with Gasteiger partial charge in [0.1, 0.15) is 0 Å². The Morgan fingerprint density at radius 2 is 2.64 bits per heavy atom. The van der Waals surface area contributed by atoms with Crippen LogP contribution in [-0.4, -0.2) is 17.3 Å². The third kappa shape index (κ3) is 1.86. The van der Waals surface area contributed by atoms with Crippen molar-refractivity contribution in [2.45, 2.75) is 0 Å². The highest BCUT2D eigenvalue weighted by atomic mass is 32.1. The maximum Gasteiger partial charge on any atom is 0.280 e. The predicted molar refractivity (Wildman–Crippen MR) is 48.4 cm³/mol. The number of thiocarbonyl (C=S) groups is 1. The first-order chi connectivity index (χ1) is 5.25. The van der Waals surface area contributed by atoms with Crippen molar-refractivity contribution in [1.29, 1.82) is 0 Å². The van der Waals surface area contributed by atoms with Crippen molar-refractivity contribution in [3.05, 3.63) is 11.6 Å². The quantitative estimate of drug-likeness (QED) is 0.401. The van der Waals surface area contributed by atoms with Gasteiger partial charge in [-0.05, 0) is 12.2 Å². The molecule has 0 bridgehead atoms. The molecule has 1 rings (SSSR count). The molecule has 0 unspecified atom stereocenters. The van der Waals surface area contributed by atoms with Gasteiger partial charge in [-0.2, -0.15) is 0 Å². The average molecular weight is 189 g/mol. The van der Waals surface area contributed by atoms with Gasteiger partial charge < -0.3 is 4.74 Å². The van der Waals surface area contributed by atoms with Crippen molar-refractivity contribution in [2.24, 2.45) is 5.84 Å². The first-order valence-electron chi connectivity index (χ1n) is 2.78. The summed E-state index contributed by atoms with van der Waals surface area (Å²) in [6, 6.07) is 0. The molecule has 1 heterocycles. The summed E-state index contributed by atoms with van der Waals surface area (Å²) in [5.74, 6) is 5.51. The second-order valence-corrected chi connectivity index (χ2v) is 2.88. The SMILES string of the molecule is COC(=S)N(N)c1nccs1. The number of hydrazine groups is 1. The summed E-state index contributed by atoms with van der Waals surface area (Å²) in [5, 5.41) is 3.87. The van der Waals surface area contributed by atoms with E-state index in [4.69, 9.17) is 22.8 Å². The zero-order chi connectivity index (χ0) is 8.27. The van der Waals surface area contributed by atoms with Crippen LogP contribution in [0.4, 0.5) is 5.13 Å². The molecule has 0 atom stereocenters. The summed E-state index contributed by atoms with van der Waals surface area (Å²) < 4.78 is 4.73. The van der Waals surface area contributed by atoms with E-state index in [0.717, 1.165) is 0 Å². The average Bonchev–Trinajstić information content (AvgIpc) is 2.53. The third-order valence-electron chi connectivity index (χ3n) is 0.997. The summed E-state index contributed by atoms with van der Waals surface area (Å²) in [5.41, 5.74) is 0. The second-order valence-electron chi connectivity index (χ2n) is 1.65. The zero-order valence-electron chi connectivity index (χ0n) is 5.85. The van der Waals surface area contributed by atoms with Crippen molar-refractivity contribution in [2.75, 3.05) is 12.1 Å². The van der Waals surface area contributed by atoms with Crippen LogP contribution in [0, 0.1) is 0 Å². The molecule has 11 heavy (non-hydrogen) atoms. The van der Waals surface area contributed by atoms with Crippen LogP contribution in [0.5, 0.6) is 0 Å². The Balaban J connectivity index is 2.70. The molecule has 60 valence electrons. The minimum atomic E-state index is 0.208. The van der Waals surface area contributed by atoms with Crippen molar-refractivity contribution in [3.8, 4) is 0 Å². The largest absolute Gasteiger partial charge is 0.473 e. The van der Waals surface area contributed by atoms with E-state index in [0.29, 0.717) is 5.13 Å².